The molecule has 0 N–H and O–H groups in total. The van der Waals surface area contributed by atoms with Gasteiger partial charge in [0.2, 0.25) is 0 Å². The lowest BCUT2D eigenvalue weighted by atomic mass is 10.1. The van der Waals surface area contributed by atoms with Gasteiger partial charge in [-0.15, -0.1) is 0 Å². The summed E-state index contributed by atoms with van der Waals surface area (Å²) in [6, 6.07) is 12.4. The summed E-state index contributed by atoms with van der Waals surface area (Å²) in [5.74, 6) is 0.619. The molecule has 2 heterocycles. The minimum absolute atomic E-state index is 0.131. The van der Waals surface area contributed by atoms with Crippen LogP contribution in [-0.4, -0.2) is 58.1 Å². The van der Waals surface area contributed by atoms with Gasteiger partial charge in [-0.1, -0.05) is 12.1 Å². The molecule has 9 nitrogen and oxygen atoms in total. The van der Waals surface area contributed by atoms with E-state index in [2.05, 4.69) is 9.88 Å². The molecular weight excluding hydrogens is 398 g/mol. The van der Waals surface area contributed by atoms with Crippen LogP contribution in [0.3, 0.4) is 0 Å². The summed E-state index contributed by atoms with van der Waals surface area (Å²) in [5.41, 5.74) is 1.56. The number of anilines is 1. The molecule has 1 amide bonds. The highest BCUT2D eigenvalue weighted by Crippen LogP contribution is 2.29. The van der Waals surface area contributed by atoms with E-state index in [1.54, 1.807) is 34.0 Å². The number of benzene rings is 2. The van der Waals surface area contributed by atoms with Crippen LogP contribution < -0.4 is 9.64 Å². The Morgan fingerprint density at radius 2 is 1.90 bits per heavy atom. The third-order valence-electron chi connectivity index (χ3n) is 5.27. The number of hydrogen-bond acceptors (Lipinski definition) is 6. The number of nitro groups is 1. The number of hydrogen-bond donors (Lipinski definition) is 0. The molecule has 1 saturated heterocycles. The van der Waals surface area contributed by atoms with Crippen molar-refractivity contribution in [1.29, 1.82) is 0 Å². The first kappa shape index (κ1) is 20.4. The SMILES string of the molecule is CCOc1ccccc1N1CCN(C(=O)c2ccc(-n3ccnc3)c([N+](=O)[O-])c2)CC1. The lowest BCUT2D eigenvalue weighted by molar-refractivity contribution is -0.384. The van der Waals surface area contributed by atoms with Crippen molar-refractivity contribution in [3.8, 4) is 11.4 Å². The van der Waals surface area contributed by atoms with Crippen LogP contribution in [0.15, 0.2) is 61.2 Å². The van der Waals surface area contributed by atoms with E-state index in [0.717, 1.165) is 11.4 Å². The van der Waals surface area contributed by atoms with Gasteiger partial charge in [0.05, 0.1) is 23.5 Å². The van der Waals surface area contributed by atoms with Crippen molar-refractivity contribution in [2.75, 3.05) is 37.7 Å². The fourth-order valence-electron chi connectivity index (χ4n) is 3.75. The largest absolute Gasteiger partial charge is 0.492 e. The van der Waals surface area contributed by atoms with Crippen molar-refractivity contribution in [2.45, 2.75) is 6.92 Å². The minimum atomic E-state index is -0.477. The summed E-state index contributed by atoms with van der Waals surface area (Å²) < 4.78 is 7.28. The van der Waals surface area contributed by atoms with E-state index < -0.39 is 4.92 Å². The molecule has 9 heteroatoms. The standard InChI is InChI=1S/C22H23N5O4/c1-2-31-21-6-4-3-5-19(21)24-11-13-25(14-12-24)22(28)17-7-8-18(20(15-17)27(29)30)26-10-9-23-16-26/h3-10,15-16H,2,11-14H2,1H3. The van der Waals surface area contributed by atoms with E-state index in [0.29, 0.717) is 44.0 Å². The molecule has 0 unspecified atom stereocenters. The molecule has 1 fully saturated rings. The molecule has 160 valence electrons. The molecule has 0 aliphatic carbocycles. The number of rotatable bonds is 6. The average Bonchev–Trinajstić information content (AvgIpc) is 3.34. The number of carbonyl (C=O) groups is 1. The van der Waals surface area contributed by atoms with E-state index in [4.69, 9.17) is 4.74 Å². The molecule has 1 aromatic heterocycles. The zero-order valence-corrected chi connectivity index (χ0v) is 17.2. The van der Waals surface area contributed by atoms with Crippen LogP contribution in [0.5, 0.6) is 5.75 Å². The lowest BCUT2D eigenvalue weighted by Crippen LogP contribution is -2.48. The quantitative estimate of drug-likeness (QED) is 0.448. The van der Waals surface area contributed by atoms with Gasteiger partial charge in [-0.2, -0.15) is 0 Å². The first-order chi connectivity index (χ1) is 15.1. The second-order valence-electron chi connectivity index (χ2n) is 7.11. The van der Waals surface area contributed by atoms with Crippen molar-refractivity contribution in [3.05, 3.63) is 76.9 Å². The Morgan fingerprint density at radius 3 is 2.58 bits per heavy atom. The van der Waals surface area contributed by atoms with Gasteiger partial charge in [0.1, 0.15) is 11.4 Å². The van der Waals surface area contributed by atoms with Gasteiger partial charge in [0, 0.05) is 50.2 Å². The number of piperazine rings is 1. The van der Waals surface area contributed by atoms with Gasteiger partial charge in [-0.05, 0) is 31.2 Å². The summed E-state index contributed by atoms with van der Waals surface area (Å²) in [5, 5.41) is 11.6. The van der Waals surface area contributed by atoms with Gasteiger partial charge >= 0.3 is 0 Å². The molecule has 1 aliphatic heterocycles. The molecular formula is C22H23N5O4. The van der Waals surface area contributed by atoms with Crippen LogP contribution in [-0.2, 0) is 0 Å². The third-order valence-corrected chi connectivity index (χ3v) is 5.27. The van der Waals surface area contributed by atoms with Crippen LogP contribution in [0.4, 0.5) is 11.4 Å². The van der Waals surface area contributed by atoms with Crippen molar-refractivity contribution in [1.82, 2.24) is 14.5 Å². The molecule has 3 aromatic rings. The smallest absolute Gasteiger partial charge is 0.294 e. The summed E-state index contributed by atoms with van der Waals surface area (Å²) in [6.07, 6.45) is 4.66. The zero-order chi connectivity index (χ0) is 21.8. The minimum Gasteiger partial charge on any atom is -0.492 e. The van der Waals surface area contributed by atoms with Crippen molar-refractivity contribution < 1.29 is 14.5 Å². The van der Waals surface area contributed by atoms with Crippen molar-refractivity contribution in [3.63, 3.8) is 0 Å². The maximum atomic E-state index is 13.0. The van der Waals surface area contributed by atoms with Gasteiger partial charge in [0.25, 0.3) is 11.6 Å². The van der Waals surface area contributed by atoms with Gasteiger partial charge in [-0.25, -0.2) is 4.98 Å². The van der Waals surface area contributed by atoms with Crippen LogP contribution in [0.25, 0.3) is 5.69 Å². The summed E-state index contributed by atoms with van der Waals surface area (Å²) >= 11 is 0. The number of ether oxygens (including phenoxy) is 1. The molecule has 0 spiro atoms. The van der Waals surface area contributed by atoms with E-state index in [9.17, 15) is 14.9 Å². The van der Waals surface area contributed by atoms with Gasteiger partial charge < -0.3 is 19.1 Å². The fourth-order valence-corrected chi connectivity index (χ4v) is 3.75. The van der Waals surface area contributed by atoms with E-state index in [1.165, 1.54) is 12.4 Å². The summed E-state index contributed by atoms with van der Waals surface area (Å²) in [4.78, 5) is 32.0. The number of nitro benzene ring substituents is 1. The Kier molecular flexibility index (Phi) is 5.83. The number of amides is 1. The molecule has 2 aromatic carbocycles. The molecule has 4 rings (SSSR count). The topological polar surface area (TPSA) is 93.7 Å². The highest BCUT2D eigenvalue weighted by atomic mass is 16.6. The normalized spacial score (nSPS) is 13.8. The van der Waals surface area contributed by atoms with Crippen LogP contribution >= 0.6 is 0 Å². The first-order valence-corrected chi connectivity index (χ1v) is 10.1. The number of imidazole rings is 1. The molecule has 0 atom stereocenters. The van der Waals surface area contributed by atoms with E-state index in [-0.39, 0.29) is 11.6 Å². The molecule has 0 saturated carbocycles. The Labute approximate surface area is 179 Å². The zero-order valence-electron chi connectivity index (χ0n) is 17.2. The Balaban J connectivity index is 1.49. The predicted molar refractivity (Wildman–Crippen MR) is 116 cm³/mol. The second-order valence-corrected chi connectivity index (χ2v) is 7.11. The first-order valence-electron chi connectivity index (χ1n) is 10.1. The third kappa shape index (κ3) is 4.20. The van der Waals surface area contributed by atoms with Gasteiger partial charge in [-0.3, -0.25) is 14.9 Å². The number of carbonyl (C=O) groups excluding carboxylic acids is 1. The molecule has 31 heavy (non-hydrogen) atoms. The maximum Gasteiger partial charge on any atom is 0.294 e. The van der Waals surface area contributed by atoms with Gasteiger partial charge in [0.15, 0.2) is 0 Å². The van der Waals surface area contributed by atoms with Crippen LogP contribution in [0.1, 0.15) is 17.3 Å². The van der Waals surface area contributed by atoms with Crippen molar-refractivity contribution in [2.24, 2.45) is 0 Å². The highest BCUT2D eigenvalue weighted by molar-refractivity contribution is 5.95. The lowest BCUT2D eigenvalue weighted by Gasteiger charge is -2.36. The Bertz CT molecular complexity index is 1080. The van der Waals surface area contributed by atoms with Crippen molar-refractivity contribution >= 4 is 17.3 Å². The predicted octanol–water partition coefficient (Wildman–Crippen LogP) is 3.14. The molecule has 0 bridgehead atoms. The average molecular weight is 421 g/mol. The number of para-hydroxylation sites is 2. The Hall–Kier alpha value is -3.88. The number of aromatic nitrogens is 2. The summed E-state index contributed by atoms with van der Waals surface area (Å²) in [6.45, 7) is 4.90. The summed E-state index contributed by atoms with van der Waals surface area (Å²) in [7, 11) is 0. The molecule has 1 aliphatic rings. The van der Waals surface area contributed by atoms with Crippen LogP contribution in [0, 0.1) is 10.1 Å². The second kappa shape index (κ2) is 8.86. The van der Waals surface area contributed by atoms with E-state index in [1.807, 2.05) is 31.2 Å². The monoisotopic (exact) mass is 421 g/mol. The maximum absolute atomic E-state index is 13.0. The number of nitrogens with zero attached hydrogens (tertiary/aromatic N) is 5. The van der Waals surface area contributed by atoms with E-state index >= 15 is 0 Å². The molecule has 0 radical (unpaired) electrons. The Morgan fingerprint density at radius 1 is 1.13 bits per heavy atom. The fraction of sp³-hybridized carbons (Fsp3) is 0.273. The van der Waals surface area contributed by atoms with Crippen LogP contribution in [0.2, 0.25) is 0 Å². The highest BCUT2D eigenvalue weighted by Gasteiger charge is 2.26.